The second kappa shape index (κ2) is 11.3. The SMILES string of the molecule is CC/C(=C\c1ccccc1)C1CC1NCc1coc(CN(C(=O)OC(C)(C)C)C(=O)OC(C)(C)C)n1. The van der Waals surface area contributed by atoms with Crippen molar-refractivity contribution >= 4 is 18.3 Å². The van der Waals surface area contributed by atoms with E-state index in [1.165, 1.54) is 11.1 Å². The summed E-state index contributed by atoms with van der Waals surface area (Å²) in [6.45, 7) is 12.9. The molecule has 2 amide bonds. The molecule has 3 rings (SSSR count). The first kappa shape index (κ1) is 27.5. The molecule has 8 nitrogen and oxygen atoms in total. The van der Waals surface area contributed by atoms with Gasteiger partial charge in [0.15, 0.2) is 0 Å². The Hall–Kier alpha value is -3.13. The molecule has 2 unspecified atom stereocenters. The van der Waals surface area contributed by atoms with E-state index >= 15 is 0 Å². The second-order valence-electron chi connectivity index (χ2n) is 11.1. The van der Waals surface area contributed by atoms with E-state index in [-0.39, 0.29) is 12.4 Å². The average molecular weight is 498 g/mol. The van der Waals surface area contributed by atoms with Gasteiger partial charge in [0.25, 0.3) is 0 Å². The van der Waals surface area contributed by atoms with Gasteiger partial charge in [0.1, 0.15) is 24.0 Å². The van der Waals surface area contributed by atoms with Crippen molar-refractivity contribution in [2.45, 2.75) is 91.6 Å². The summed E-state index contributed by atoms with van der Waals surface area (Å²) in [5.41, 5.74) is 1.83. The van der Waals surface area contributed by atoms with Crippen LogP contribution in [0, 0.1) is 5.92 Å². The lowest BCUT2D eigenvalue weighted by Gasteiger charge is -2.27. The molecule has 1 N–H and O–H groups in total. The van der Waals surface area contributed by atoms with Crippen LogP contribution in [-0.4, -0.2) is 39.3 Å². The fraction of sp³-hybridized carbons (Fsp3) is 0.536. The summed E-state index contributed by atoms with van der Waals surface area (Å²) in [7, 11) is 0. The van der Waals surface area contributed by atoms with Crippen LogP contribution in [0.25, 0.3) is 6.08 Å². The Balaban J connectivity index is 1.59. The van der Waals surface area contributed by atoms with Crippen molar-refractivity contribution in [3.8, 4) is 0 Å². The minimum absolute atomic E-state index is 0.185. The van der Waals surface area contributed by atoms with Crippen LogP contribution in [-0.2, 0) is 22.6 Å². The second-order valence-corrected chi connectivity index (χ2v) is 11.1. The number of imide groups is 1. The number of carbonyl (C=O) groups is 2. The molecule has 0 spiro atoms. The van der Waals surface area contributed by atoms with E-state index < -0.39 is 23.4 Å². The van der Waals surface area contributed by atoms with Crippen LogP contribution >= 0.6 is 0 Å². The number of hydrogen-bond donors (Lipinski definition) is 1. The van der Waals surface area contributed by atoms with Gasteiger partial charge in [0.05, 0.1) is 5.69 Å². The number of oxazole rings is 1. The molecule has 1 saturated carbocycles. The molecule has 2 atom stereocenters. The molecule has 2 aromatic rings. The standard InChI is InChI=1S/C28H39N3O5/c1-8-20(14-19-12-10-9-11-13-19)22-15-23(22)29-16-21-18-34-24(30-21)17-31(25(32)35-27(2,3)4)26(33)36-28(5,6)7/h9-14,18,22-23,29H,8,15-17H2,1-7H3/b20-14+. The number of ether oxygens (including phenoxy) is 2. The van der Waals surface area contributed by atoms with Gasteiger partial charge in [-0.25, -0.2) is 19.5 Å². The first-order chi connectivity index (χ1) is 16.8. The van der Waals surface area contributed by atoms with Crippen molar-refractivity contribution in [2.75, 3.05) is 0 Å². The molecule has 0 aliphatic heterocycles. The number of rotatable bonds is 8. The van der Waals surface area contributed by atoms with E-state index in [4.69, 9.17) is 13.9 Å². The third-order valence-corrected chi connectivity index (χ3v) is 5.49. The highest BCUT2D eigenvalue weighted by atomic mass is 16.6. The minimum atomic E-state index is -0.812. The Morgan fingerprint density at radius 3 is 2.25 bits per heavy atom. The predicted octanol–water partition coefficient (Wildman–Crippen LogP) is 6.32. The molecule has 1 aromatic carbocycles. The summed E-state index contributed by atoms with van der Waals surface area (Å²) in [4.78, 5) is 30.7. The summed E-state index contributed by atoms with van der Waals surface area (Å²) in [5.74, 6) is 0.741. The maximum atomic E-state index is 12.7. The van der Waals surface area contributed by atoms with Crippen molar-refractivity contribution in [1.29, 1.82) is 0 Å². The van der Waals surface area contributed by atoms with E-state index in [1.54, 1.807) is 47.8 Å². The summed E-state index contributed by atoms with van der Waals surface area (Å²) in [6, 6.07) is 10.8. The average Bonchev–Trinajstić information content (AvgIpc) is 3.40. The fourth-order valence-electron chi connectivity index (χ4n) is 3.78. The van der Waals surface area contributed by atoms with Gasteiger partial charge in [-0.15, -0.1) is 0 Å². The molecule has 1 heterocycles. The molecular weight excluding hydrogens is 458 g/mol. The number of amides is 2. The normalized spacial score (nSPS) is 18.0. The fourth-order valence-corrected chi connectivity index (χ4v) is 3.78. The smallest absolute Gasteiger partial charge is 0.420 e. The highest BCUT2D eigenvalue weighted by Crippen LogP contribution is 2.39. The molecule has 0 saturated heterocycles. The molecule has 1 aliphatic rings. The van der Waals surface area contributed by atoms with Crippen LogP contribution in [0.2, 0.25) is 0 Å². The van der Waals surface area contributed by atoms with E-state index in [1.807, 2.05) is 6.07 Å². The van der Waals surface area contributed by atoms with Crippen LogP contribution in [0.4, 0.5) is 9.59 Å². The summed E-state index contributed by atoms with van der Waals surface area (Å²) in [6.07, 6.45) is 4.30. The van der Waals surface area contributed by atoms with Gasteiger partial charge >= 0.3 is 12.2 Å². The number of nitrogens with zero attached hydrogens (tertiary/aromatic N) is 2. The van der Waals surface area contributed by atoms with Crippen LogP contribution in [0.15, 0.2) is 46.6 Å². The third-order valence-electron chi connectivity index (χ3n) is 5.49. The molecule has 1 aliphatic carbocycles. The number of benzene rings is 1. The summed E-state index contributed by atoms with van der Waals surface area (Å²) < 4.78 is 16.3. The molecule has 36 heavy (non-hydrogen) atoms. The Kier molecular flexibility index (Phi) is 8.61. The van der Waals surface area contributed by atoms with Gasteiger partial charge in [-0.2, -0.15) is 0 Å². The zero-order valence-electron chi connectivity index (χ0n) is 22.5. The highest BCUT2D eigenvalue weighted by Gasteiger charge is 2.39. The van der Waals surface area contributed by atoms with Crippen molar-refractivity contribution in [1.82, 2.24) is 15.2 Å². The van der Waals surface area contributed by atoms with Gasteiger partial charge in [-0.1, -0.05) is 48.9 Å². The molecule has 1 fully saturated rings. The Morgan fingerprint density at radius 2 is 1.69 bits per heavy atom. The van der Waals surface area contributed by atoms with Crippen LogP contribution < -0.4 is 5.32 Å². The molecular formula is C28H39N3O5. The lowest BCUT2D eigenvalue weighted by molar-refractivity contribution is -0.00176. The van der Waals surface area contributed by atoms with Gasteiger partial charge in [0.2, 0.25) is 5.89 Å². The zero-order valence-corrected chi connectivity index (χ0v) is 22.5. The highest BCUT2D eigenvalue weighted by molar-refractivity contribution is 5.88. The Labute approximate surface area is 214 Å². The number of nitrogens with one attached hydrogen (secondary N) is 1. The first-order valence-electron chi connectivity index (χ1n) is 12.5. The lowest BCUT2D eigenvalue weighted by atomic mass is 10.0. The molecule has 0 bridgehead atoms. The number of carbonyl (C=O) groups excluding carboxylic acids is 2. The Bertz CT molecular complexity index is 1030. The third kappa shape index (κ3) is 8.52. The van der Waals surface area contributed by atoms with Crippen molar-refractivity contribution in [3.63, 3.8) is 0 Å². The van der Waals surface area contributed by atoms with Crippen LogP contribution in [0.5, 0.6) is 0 Å². The van der Waals surface area contributed by atoms with E-state index in [9.17, 15) is 9.59 Å². The molecule has 1 aromatic heterocycles. The zero-order chi connectivity index (χ0) is 26.5. The van der Waals surface area contributed by atoms with Crippen molar-refractivity contribution in [3.05, 3.63) is 59.3 Å². The maximum absolute atomic E-state index is 12.7. The summed E-state index contributed by atoms with van der Waals surface area (Å²) >= 11 is 0. The van der Waals surface area contributed by atoms with Crippen LogP contribution in [0.1, 0.15) is 78.5 Å². The van der Waals surface area contributed by atoms with Crippen molar-refractivity contribution in [2.24, 2.45) is 5.92 Å². The maximum Gasteiger partial charge on any atom is 0.420 e. The van der Waals surface area contributed by atoms with E-state index in [2.05, 4.69) is 47.6 Å². The van der Waals surface area contributed by atoms with Crippen molar-refractivity contribution < 1.29 is 23.5 Å². The van der Waals surface area contributed by atoms with E-state index in [0.717, 1.165) is 17.7 Å². The minimum Gasteiger partial charge on any atom is -0.447 e. The molecule has 0 radical (unpaired) electrons. The quantitative estimate of drug-likeness (QED) is 0.456. The Morgan fingerprint density at radius 1 is 1.08 bits per heavy atom. The molecule has 196 valence electrons. The first-order valence-corrected chi connectivity index (χ1v) is 12.5. The lowest BCUT2D eigenvalue weighted by Crippen LogP contribution is -2.43. The van der Waals surface area contributed by atoms with E-state index in [0.29, 0.717) is 24.2 Å². The number of aromatic nitrogens is 1. The topological polar surface area (TPSA) is 93.9 Å². The predicted molar refractivity (Wildman–Crippen MR) is 138 cm³/mol. The van der Waals surface area contributed by atoms with Gasteiger partial charge in [-0.05, 0) is 65.9 Å². The number of hydrogen-bond acceptors (Lipinski definition) is 7. The van der Waals surface area contributed by atoms with Gasteiger partial charge < -0.3 is 19.2 Å². The van der Waals surface area contributed by atoms with Crippen LogP contribution in [0.3, 0.4) is 0 Å². The van der Waals surface area contributed by atoms with Gasteiger partial charge in [0, 0.05) is 12.6 Å². The molecule has 8 heteroatoms. The largest absolute Gasteiger partial charge is 0.447 e. The van der Waals surface area contributed by atoms with Gasteiger partial charge in [-0.3, -0.25) is 0 Å². The monoisotopic (exact) mass is 497 g/mol. The summed E-state index contributed by atoms with van der Waals surface area (Å²) in [5, 5.41) is 3.54.